The Balaban J connectivity index is 1.57. The second-order valence-corrected chi connectivity index (χ2v) is 11.1. The first-order chi connectivity index (χ1) is 18.3. The fourth-order valence-corrected chi connectivity index (χ4v) is 6.27. The summed E-state index contributed by atoms with van der Waals surface area (Å²) in [4.78, 5) is 51.9. The molecule has 2 bridgehead atoms. The number of nitrogens with one attached hydrogen (secondary N) is 3. The lowest BCUT2D eigenvalue weighted by Crippen LogP contribution is -2.71. The largest absolute Gasteiger partial charge is 0.471 e. The summed E-state index contributed by atoms with van der Waals surface area (Å²) in [6, 6.07) is -3.82. The van der Waals surface area contributed by atoms with E-state index in [0.717, 1.165) is 11.3 Å². The predicted octanol–water partition coefficient (Wildman–Crippen LogP) is 2.16. The van der Waals surface area contributed by atoms with Gasteiger partial charge in [0.2, 0.25) is 17.7 Å². The van der Waals surface area contributed by atoms with E-state index in [4.69, 9.17) is 0 Å². The third kappa shape index (κ3) is 6.27. The molecule has 0 radical (unpaired) electrons. The molecule has 3 heterocycles. The van der Waals surface area contributed by atoms with Gasteiger partial charge in [0.25, 0.3) is 5.92 Å². The Hall–Kier alpha value is -2.98. The lowest BCUT2D eigenvalue weighted by molar-refractivity contribution is -0.196. The summed E-state index contributed by atoms with van der Waals surface area (Å²) in [5, 5.41) is 16.4. The van der Waals surface area contributed by atoms with Gasteiger partial charge in [0.05, 0.1) is 12.0 Å². The van der Waals surface area contributed by atoms with Crippen molar-refractivity contribution in [1.29, 1.82) is 5.26 Å². The van der Waals surface area contributed by atoms with Crippen molar-refractivity contribution in [2.24, 2.45) is 17.8 Å². The normalized spacial score (nSPS) is 29.8. The fraction of sp³-hybridized carbons (Fsp3) is 0.800. The van der Waals surface area contributed by atoms with E-state index in [2.05, 4.69) is 10.6 Å². The minimum absolute atomic E-state index is 0.0504. The smallest absolute Gasteiger partial charge is 0.356 e. The molecule has 39 heavy (non-hydrogen) atoms. The van der Waals surface area contributed by atoms with Crippen molar-refractivity contribution in [3.63, 3.8) is 0 Å². The molecule has 4 amide bonds. The maximum absolute atomic E-state index is 15.0. The van der Waals surface area contributed by atoms with Gasteiger partial charge in [0.15, 0.2) is 0 Å². The van der Waals surface area contributed by atoms with Crippen molar-refractivity contribution in [3.05, 3.63) is 0 Å². The van der Waals surface area contributed by atoms with Crippen molar-refractivity contribution in [3.8, 4) is 6.07 Å². The van der Waals surface area contributed by atoms with Crippen LogP contribution >= 0.6 is 0 Å². The number of fused-ring (bicyclic) bond motifs is 3. The van der Waals surface area contributed by atoms with Crippen LogP contribution in [0.5, 0.6) is 0 Å². The van der Waals surface area contributed by atoms with Gasteiger partial charge in [-0.15, -0.1) is 0 Å². The Morgan fingerprint density at radius 1 is 1.08 bits per heavy atom. The van der Waals surface area contributed by atoms with E-state index < -0.39 is 72.2 Å². The number of hydrogen-bond donors (Lipinski definition) is 3. The number of carbonyl (C=O) groups excluding carboxylic acids is 4. The molecule has 0 aromatic heterocycles. The quantitative estimate of drug-likeness (QED) is 0.391. The second kappa shape index (κ2) is 11.3. The van der Waals surface area contributed by atoms with Crippen LogP contribution in [0, 0.1) is 29.1 Å². The minimum atomic E-state index is -5.26. The Morgan fingerprint density at radius 3 is 2.36 bits per heavy atom. The average Bonchev–Trinajstić information content (AvgIpc) is 2.84. The number of nitrogens with zero attached hydrogens (tertiary/aromatic N) is 2. The van der Waals surface area contributed by atoms with Gasteiger partial charge in [0.1, 0.15) is 18.1 Å². The Kier molecular flexibility index (Phi) is 8.37. The molecule has 5 aliphatic rings. The molecule has 0 spiro atoms. The van der Waals surface area contributed by atoms with Crippen LogP contribution in [0.25, 0.3) is 0 Å². The van der Waals surface area contributed by atoms with Crippen LogP contribution in [0.15, 0.2) is 0 Å². The molecule has 5 rings (SSSR count). The highest BCUT2D eigenvalue weighted by molar-refractivity contribution is 5.94. The molecular formula is C25H32F5N5O4. The highest BCUT2D eigenvalue weighted by Gasteiger charge is 2.61. The monoisotopic (exact) mass is 561 g/mol. The minimum Gasteiger partial charge on any atom is -0.356 e. The highest BCUT2D eigenvalue weighted by atomic mass is 19.4. The zero-order valence-electron chi connectivity index (χ0n) is 21.2. The van der Waals surface area contributed by atoms with E-state index in [9.17, 15) is 46.4 Å². The number of halogens is 5. The summed E-state index contributed by atoms with van der Waals surface area (Å²) >= 11 is 0. The van der Waals surface area contributed by atoms with E-state index >= 15 is 0 Å². The number of amides is 4. The van der Waals surface area contributed by atoms with Crippen LogP contribution in [0.2, 0.25) is 0 Å². The van der Waals surface area contributed by atoms with Gasteiger partial charge >= 0.3 is 12.1 Å². The van der Waals surface area contributed by atoms with Gasteiger partial charge in [-0.1, -0.05) is 19.3 Å². The molecule has 6 atom stereocenters. The maximum atomic E-state index is 15.0. The molecule has 3 saturated heterocycles. The number of nitriles is 1. The number of carbonyl (C=O) groups is 4. The molecule has 3 aliphatic heterocycles. The van der Waals surface area contributed by atoms with Gasteiger partial charge in [-0.05, 0) is 44.4 Å². The summed E-state index contributed by atoms with van der Waals surface area (Å²) in [7, 11) is 0. The molecule has 2 saturated carbocycles. The molecule has 0 aromatic rings. The van der Waals surface area contributed by atoms with E-state index in [1.54, 1.807) is 5.32 Å². The summed E-state index contributed by atoms with van der Waals surface area (Å²) in [6.07, 6.45) is -2.84. The van der Waals surface area contributed by atoms with E-state index in [0.29, 0.717) is 32.2 Å². The number of rotatable bonds is 8. The zero-order chi connectivity index (χ0) is 28.5. The molecule has 0 unspecified atom stereocenters. The third-order valence-electron chi connectivity index (χ3n) is 8.51. The molecule has 2 aliphatic carbocycles. The van der Waals surface area contributed by atoms with E-state index in [1.807, 2.05) is 6.07 Å². The number of piperidine rings is 3. The molecular weight excluding hydrogens is 529 g/mol. The lowest BCUT2D eigenvalue weighted by atomic mass is 9.71. The Labute approximate surface area is 222 Å². The fourth-order valence-electron chi connectivity index (χ4n) is 6.27. The summed E-state index contributed by atoms with van der Waals surface area (Å²) in [5.41, 5.74) is 0. The molecule has 3 N–H and O–H groups in total. The van der Waals surface area contributed by atoms with Gasteiger partial charge in [-0.3, -0.25) is 19.2 Å². The van der Waals surface area contributed by atoms with Crippen LogP contribution < -0.4 is 16.0 Å². The SMILES string of the molecule is N#C[C@@H](C[C@@H]1CCCNC1=O)NC(=O)[C@@H]1[C@@H]2CC[C@@H](CC2(F)F)N1C(=O)[C@H](CC1CCC1)NC(=O)C(F)(F)F. The third-order valence-corrected chi connectivity index (χ3v) is 8.51. The van der Waals surface area contributed by atoms with Crippen molar-refractivity contribution < 1.29 is 41.1 Å². The van der Waals surface area contributed by atoms with Crippen LogP contribution in [0.1, 0.15) is 64.2 Å². The molecule has 0 aromatic carbocycles. The maximum Gasteiger partial charge on any atom is 0.471 e. The summed E-state index contributed by atoms with van der Waals surface area (Å²) < 4.78 is 69.1. The topological polar surface area (TPSA) is 131 Å². The summed E-state index contributed by atoms with van der Waals surface area (Å²) in [6.45, 7) is 0.489. The van der Waals surface area contributed by atoms with Crippen molar-refractivity contribution >= 4 is 23.6 Å². The first-order valence-corrected chi connectivity index (χ1v) is 13.4. The second-order valence-electron chi connectivity index (χ2n) is 11.1. The number of alkyl halides is 5. The molecule has 14 heteroatoms. The van der Waals surface area contributed by atoms with Crippen molar-refractivity contribution in [1.82, 2.24) is 20.9 Å². The first kappa shape index (κ1) is 29.0. The van der Waals surface area contributed by atoms with Gasteiger partial charge in [0, 0.05) is 24.9 Å². The summed E-state index contributed by atoms with van der Waals surface area (Å²) in [5.74, 6) is -10.2. The zero-order valence-corrected chi connectivity index (χ0v) is 21.2. The Morgan fingerprint density at radius 2 is 1.79 bits per heavy atom. The van der Waals surface area contributed by atoms with E-state index in [1.165, 1.54) is 0 Å². The van der Waals surface area contributed by atoms with Crippen LogP contribution in [0.4, 0.5) is 22.0 Å². The van der Waals surface area contributed by atoms with Gasteiger partial charge < -0.3 is 20.9 Å². The highest BCUT2D eigenvalue weighted by Crippen LogP contribution is 2.49. The number of hydrogen-bond acceptors (Lipinski definition) is 5. The predicted molar refractivity (Wildman–Crippen MR) is 125 cm³/mol. The van der Waals surface area contributed by atoms with Crippen LogP contribution in [-0.2, 0) is 19.2 Å². The lowest BCUT2D eigenvalue weighted by Gasteiger charge is -2.54. The van der Waals surface area contributed by atoms with Crippen LogP contribution in [-0.4, -0.2) is 71.3 Å². The van der Waals surface area contributed by atoms with Crippen LogP contribution in [0.3, 0.4) is 0 Å². The van der Waals surface area contributed by atoms with Crippen molar-refractivity contribution in [2.75, 3.05) is 6.54 Å². The molecule has 5 fully saturated rings. The standard InChI is InChI=1S/C25H32F5N5O4/c26-24(27)11-16-6-7-17(24)19(21(37)33-15(12-31)10-14-5-2-8-32-20(14)36)35(16)22(38)18(9-13-3-1-4-13)34-23(39)25(28,29)30/h13-19H,1-11H2,(H,32,36)(H,33,37)(H,34,39)/t14-,15+,16-,17-,18-,19-/m0/s1. The molecule has 9 nitrogen and oxygen atoms in total. The van der Waals surface area contributed by atoms with Gasteiger partial charge in [-0.2, -0.15) is 18.4 Å². The Bertz CT molecular complexity index is 1030. The average molecular weight is 562 g/mol. The van der Waals surface area contributed by atoms with Crippen molar-refractivity contribution in [2.45, 2.75) is 100 Å². The van der Waals surface area contributed by atoms with Gasteiger partial charge in [-0.25, -0.2) is 8.78 Å². The molecule has 216 valence electrons. The van der Waals surface area contributed by atoms with E-state index in [-0.39, 0.29) is 37.5 Å². The first-order valence-electron chi connectivity index (χ1n) is 13.4.